The van der Waals surface area contributed by atoms with Crippen LogP contribution >= 0.6 is 27.5 Å². The molecule has 3 amide bonds. The van der Waals surface area contributed by atoms with Gasteiger partial charge < -0.3 is 10.1 Å². The highest BCUT2D eigenvalue weighted by Crippen LogP contribution is 2.27. The van der Waals surface area contributed by atoms with Gasteiger partial charge >= 0.3 is 5.97 Å². The van der Waals surface area contributed by atoms with E-state index in [1.165, 1.54) is 0 Å². The first-order chi connectivity index (χ1) is 17.8. The molecule has 0 aromatic heterocycles. The predicted molar refractivity (Wildman–Crippen MR) is 141 cm³/mol. The van der Waals surface area contributed by atoms with Gasteiger partial charge in [-0.05, 0) is 45.3 Å². The van der Waals surface area contributed by atoms with Gasteiger partial charge in [-0.15, -0.1) is 0 Å². The van der Waals surface area contributed by atoms with E-state index in [0.717, 1.165) is 16.1 Å². The van der Waals surface area contributed by atoms with Crippen LogP contribution in [0, 0.1) is 5.92 Å². The molecule has 1 fully saturated rings. The van der Waals surface area contributed by atoms with Gasteiger partial charge in [-0.2, -0.15) is 0 Å². The molecule has 1 aliphatic rings. The summed E-state index contributed by atoms with van der Waals surface area (Å²) in [6.45, 7) is -0.572. The smallest absolute Gasteiger partial charge is 0.311 e. The maximum atomic E-state index is 13.3. The van der Waals surface area contributed by atoms with Crippen LogP contribution in [0.3, 0.4) is 0 Å². The van der Waals surface area contributed by atoms with Gasteiger partial charge in [0.05, 0.1) is 23.4 Å². The van der Waals surface area contributed by atoms with E-state index in [2.05, 4.69) is 26.7 Å². The molecule has 3 aromatic carbocycles. The van der Waals surface area contributed by atoms with Crippen molar-refractivity contribution in [3.8, 4) is 0 Å². The minimum atomic E-state index is -0.811. The van der Waals surface area contributed by atoms with Crippen LogP contribution in [0.1, 0.15) is 23.5 Å². The Hall–Kier alpha value is -3.69. The molecule has 3 aromatic rings. The van der Waals surface area contributed by atoms with Crippen molar-refractivity contribution in [3.05, 3.63) is 99.5 Å². The molecule has 0 aliphatic carbocycles. The Labute approximate surface area is 227 Å². The second-order valence-electron chi connectivity index (χ2n) is 8.42. The molecule has 2 N–H and O–H groups in total. The fourth-order valence-corrected chi connectivity index (χ4v) is 4.41. The Kier molecular flexibility index (Phi) is 8.58. The van der Waals surface area contributed by atoms with E-state index in [-0.39, 0.29) is 13.0 Å². The summed E-state index contributed by atoms with van der Waals surface area (Å²) in [5.74, 6) is -3.50. The number of carbonyl (C=O) groups is 4. The van der Waals surface area contributed by atoms with Gasteiger partial charge in [0, 0.05) is 16.6 Å². The number of benzene rings is 3. The summed E-state index contributed by atoms with van der Waals surface area (Å²) in [5.41, 5.74) is 4.65. The topological polar surface area (TPSA) is 105 Å². The van der Waals surface area contributed by atoms with Gasteiger partial charge in [-0.1, -0.05) is 72.3 Å². The fraction of sp³-hybridized carbons (Fsp3) is 0.185. The van der Waals surface area contributed by atoms with E-state index >= 15 is 0 Å². The molecule has 37 heavy (non-hydrogen) atoms. The van der Waals surface area contributed by atoms with Gasteiger partial charge in [0.2, 0.25) is 5.91 Å². The van der Waals surface area contributed by atoms with Crippen molar-refractivity contribution in [1.82, 2.24) is 10.4 Å². The summed E-state index contributed by atoms with van der Waals surface area (Å²) in [6, 6.07) is 23.3. The highest BCUT2D eigenvalue weighted by Gasteiger charge is 2.37. The third-order valence-corrected chi connectivity index (χ3v) is 7.01. The number of hydrazine groups is 1. The lowest BCUT2D eigenvalue weighted by molar-refractivity contribution is -0.151. The van der Waals surface area contributed by atoms with Crippen LogP contribution < -0.4 is 10.7 Å². The SMILES string of the molecule is O=C(COC(=O)[C@@H]1CC(=O)N(NC(=O)C(c2ccccc2)c2ccccc2)C1)Nc1ccc(Br)c(Cl)c1. The molecule has 0 saturated carbocycles. The monoisotopic (exact) mass is 583 g/mol. The van der Waals surface area contributed by atoms with Crippen molar-refractivity contribution in [2.75, 3.05) is 18.5 Å². The Morgan fingerprint density at radius 3 is 2.22 bits per heavy atom. The molecular weight excluding hydrogens is 562 g/mol. The Balaban J connectivity index is 1.34. The van der Waals surface area contributed by atoms with E-state index in [0.29, 0.717) is 15.2 Å². The minimum Gasteiger partial charge on any atom is -0.455 e. The number of amides is 3. The van der Waals surface area contributed by atoms with Gasteiger partial charge in [-0.25, -0.2) is 0 Å². The van der Waals surface area contributed by atoms with Crippen LogP contribution in [0.15, 0.2) is 83.3 Å². The number of rotatable bonds is 8. The van der Waals surface area contributed by atoms with Crippen LogP contribution in [0.5, 0.6) is 0 Å². The number of hydrogen-bond donors (Lipinski definition) is 2. The summed E-state index contributed by atoms with van der Waals surface area (Å²) in [7, 11) is 0. The average Bonchev–Trinajstić information content (AvgIpc) is 3.26. The summed E-state index contributed by atoms with van der Waals surface area (Å²) in [6.07, 6.45) is -0.135. The van der Waals surface area contributed by atoms with E-state index in [1.54, 1.807) is 18.2 Å². The lowest BCUT2D eigenvalue weighted by Crippen LogP contribution is -2.45. The number of esters is 1. The number of hydrogen-bond acceptors (Lipinski definition) is 5. The highest BCUT2D eigenvalue weighted by atomic mass is 79.9. The van der Waals surface area contributed by atoms with E-state index in [4.69, 9.17) is 16.3 Å². The van der Waals surface area contributed by atoms with Gasteiger partial charge in [0.25, 0.3) is 11.8 Å². The van der Waals surface area contributed by atoms with Crippen LogP contribution in [0.2, 0.25) is 5.02 Å². The molecule has 0 radical (unpaired) electrons. The second kappa shape index (κ2) is 12.0. The zero-order valence-corrected chi connectivity index (χ0v) is 21.9. The number of carbonyl (C=O) groups excluding carboxylic acids is 4. The standard InChI is InChI=1S/C27H23BrClN3O5/c28-21-12-11-20(14-22(21)29)30-23(33)16-37-27(36)19-13-24(34)32(15-19)31-26(35)25(17-7-3-1-4-8-17)18-9-5-2-6-10-18/h1-12,14,19,25H,13,15-16H2,(H,30,33)(H,31,35)/t19-/m1/s1. The molecule has 0 unspecified atom stereocenters. The van der Waals surface area contributed by atoms with E-state index < -0.39 is 42.1 Å². The minimum absolute atomic E-state index is 0.0519. The first kappa shape index (κ1) is 26.4. The van der Waals surface area contributed by atoms with Crippen LogP contribution in [-0.4, -0.2) is 41.9 Å². The molecule has 10 heteroatoms. The third-order valence-electron chi connectivity index (χ3n) is 5.78. The molecule has 1 heterocycles. The van der Waals surface area contributed by atoms with E-state index in [9.17, 15) is 19.2 Å². The van der Waals surface area contributed by atoms with Crippen molar-refractivity contribution in [1.29, 1.82) is 0 Å². The Morgan fingerprint density at radius 2 is 1.62 bits per heavy atom. The van der Waals surface area contributed by atoms with Crippen LogP contribution in [0.25, 0.3) is 0 Å². The first-order valence-corrected chi connectivity index (χ1v) is 12.6. The molecular formula is C27H23BrClN3O5. The molecule has 190 valence electrons. The van der Waals surface area contributed by atoms with Crippen molar-refractivity contribution in [2.45, 2.75) is 12.3 Å². The van der Waals surface area contributed by atoms with Crippen molar-refractivity contribution in [2.24, 2.45) is 5.92 Å². The second-order valence-corrected chi connectivity index (χ2v) is 9.68. The molecule has 1 saturated heterocycles. The summed E-state index contributed by atoms with van der Waals surface area (Å²) < 4.78 is 5.80. The maximum Gasteiger partial charge on any atom is 0.311 e. The molecule has 0 spiro atoms. The van der Waals surface area contributed by atoms with Crippen molar-refractivity contribution >= 4 is 56.9 Å². The molecule has 1 aliphatic heterocycles. The van der Waals surface area contributed by atoms with Gasteiger partial charge in [0.15, 0.2) is 6.61 Å². The van der Waals surface area contributed by atoms with Crippen LogP contribution in [0.4, 0.5) is 5.69 Å². The molecule has 1 atom stereocenters. The quantitative estimate of drug-likeness (QED) is 0.384. The Bertz CT molecular complexity index is 1270. The normalized spacial score (nSPS) is 14.9. The first-order valence-electron chi connectivity index (χ1n) is 11.4. The lowest BCUT2D eigenvalue weighted by Gasteiger charge is -2.23. The largest absolute Gasteiger partial charge is 0.455 e. The zero-order valence-electron chi connectivity index (χ0n) is 19.5. The highest BCUT2D eigenvalue weighted by molar-refractivity contribution is 9.10. The van der Waals surface area contributed by atoms with Crippen LogP contribution in [-0.2, 0) is 23.9 Å². The average molecular weight is 585 g/mol. The van der Waals surface area contributed by atoms with Gasteiger partial charge in [-0.3, -0.25) is 29.6 Å². The van der Waals surface area contributed by atoms with E-state index in [1.807, 2.05) is 60.7 Å². The number of halogens is 2. The maximum absolute atomic E-state index is 13.3. The van der Waals surface area contributed by atoms with Crippen molar-refractivity contribution in [3.63, 3.8) is 0 Å². The molecule has 8 nitrogen and oxygen atoms in total. The summed E-state index contributed by atoms with van der Waals surface area (Å²) >= 11 is 9.28. The number of nitrogens with one attached hydrogen (secondary N) is 2. The predicted octanol–water partition coefficient (Wildman–Crippen LogP) is 4.30. The zero-order chi connectivity index (χ0) is 26.4. The van der Waals surface area contributed by atoms with Gasteiger partial charge in [0.1, 0.15) is 0 Å². The molecule has 0 bridgehead atoms. The number of ether oxygens (including phenoxy) is 1. The number of anilines is 1. The Morgan fingerprint density at radius 1 is 1.00 bits per heavy atom. The fourth-order valence-electron chi connectivity index (χ4n) is 3.98. The lowest BCUT2D eigenvalue weighted by atomic mass is 9.91. The third kappa shape index (κ3) is 6.75. The number of nitrogens with zero attached hydrogens (tertiary/aromatic N) is 1. The summed E-state index contributed by atoms with van der Waals surface area (Å²) in [5, 5.41) is 4.14. The summed E-state index contributed by atoms with van der Waals surface area (Å²) in [4.78, 5) is 50.5. The molecule has 4 rings (SSSR count). The van der Waals surface area contributed by atoms with Crippen molar-refractivity contribution < 1.29 is 23.9 Å².